The molecule has 0 aromatic carbocycles. The molecule has 2 heterocycles. The van der Waals surface area contributed by atoms with E-state index in [1.807, 2.05) is 0 Å². The Morgan fingerprint density at radius 3 is 1.87 bits per heavy atom. The maximum Gasteiger partial charge on any atom is 0.339 e. The van der Waals surface area contributed by atoms with Gasteiger partial charge in [-0.15, -0.1) is 0 Å². The van der Waals surface area contributed by atoms with Gasteiger partial charge < -0.3 is 43.2 Å². The minimum Gasteiger partial charge on any atom is -0.464 e. The van der Waals surface area contributed by atoms with Gasteiger partial charge in [0.2, 0.25) is 5.91 Å². The number of ether oxygens (including phenoxy) is 8. The van der Waals surface area contributed by atoms with E-state index in [9.17, 15) is 14.4 Å². The van der Waals surface area contributed by atoms with E-state index in [0.717, 1.165) is 51.4 Å². The molecule has 1 amide bonds. The van der Waals surface area contributed by atoms with Crippen molar-refractivity contribution in [3.05, 3.63) is 0 Å². The van der Waals surface area contributed by atoms with Crippen molar-refractivity contribution >= 4 is 17.8 Å². The Hall–Kier alpha value is -1.83. The fraction of sp³-hybridized carbons (Fsp3) is 0.889. The van der Waals surface area contributed by atoms with Crippen LogP contribution < -0.4 is 5.32 Å². The summed E-state index contributed by atoms with van der Waals surface area (Å²) in [7, 11) is 1.50. The Bertz CT molecular complexity index is 900. The molecule has 12 nitrogen and oxygen atoms in total. The molecule has 7 atom stereocenters. The third-order valence-corrected chi connectivity index (χ3v) is 8.32. The molecule has 5 rings (SSSR count). The van der Waals surface area contributed by atoms with Crippen molar-refractivity contribution in [1.82, 2.24) is 5.32 Å². The fourth-order valence-electron chi connectivity index (χ4n) is 6.68. The van der Waals surface area contributed by atoms with Crippen molar-refractivity contribution in [3.8, 4) is 0 Å². The summed E-state index contributed by atoms with van der Waals surface area (Å²) in [5.41, 5.74) is 0. The van der Waals surface area contributed by atoms with Gasteiger partial charge in [-0.25, -0.2) is 9.59 Å². The number of rotatable bonds is 8. The molecule has 0 aromatic rings. The molecule has 39 heavy (non-hydrogen) atoms. The monoisotopic (exact) mass is 555 g/mol. The van der Waals surface area contributed by atoms with Crippen LogP contribution in [0.25, 0.3) is 0 Å². The summed E-state index contributed by atoms with van der Waals surface area (Å²) in [4.78, 5) is 38.8. The molecule has 2 saturated heterocycles. The lowest BCUT2D eigenvalue weighted by Crippen LogP contribution is -2.53. The van der Waals surface area contributed by atoms with E-state index < -0.39 is 66.2 Å². The highest BCUT2D eigenvalue weighted by atomic mass is 16.8. The Labute approximate surface area is 228 Å². The molecule has 0 radical (unpaired) electrons. The average Bonchev–Trinajstić information content (AvgIpc) is 3.53. The van der Waals surface area contributed by atoms with Crippen LogP contribution >= 0.6 is 0 Å². The summed E-state index contributed by atoms with van der Waals surface area (Å²) in [6, 6.07) is -0.774. The molecule has 5 aliphatic rings. The van der Waals surface area contributed by atoms with Gasteiger partial charge in [0.15, 0.2) is 29.9 Å². The summed E-state index contributed by atoms with van der Waals surface area (Å²) in [5.74, 6) is -3.61. The van der Waals surface area contributed by atoms with E-state index in [4.69, 9.17) is 37.9 Å². The number of carbonyl (C=O) groups excluding carboxylic acids is 3. The normalized spacial score (nSPS) is 36.5. The van der Waals surface area contributed by atoms with E-state index in [1.54, 1.807) is 6.92 Å². The molecule has 5 fully saturated rings. The van der Waals surface area contributed by atoms with Crippen LogP contribution in [0.1, 0.15) is 78.1 Å². The van der Waals surface area contributed by atoms with E-state index in [2.05, 4.69) is 5.32 Å². The summed E-state index contributed by atoms with van der Waals surface area (Å²) in [5, 5.41) is 2.86. The SMILES string of the molecule is CCOC(=O)[C@@H]1OC2(CCCCC2)O[C@H]1C(=O)O[C@@H]1[C@H](NC(C)=O)[C@H](OCOC)[C@@H]2OC3(CCCCC3)O[C@@H]21. The maximum atomic E-state index is 13.7. The number of methoxy groups -OCH3 is 1. The summed E-state index contributed by atoms with van der Waals surface area (Å²) >= 11 is 0. The molecule has 2 aliphatic heterocycles. The van der Waals surface area contributed by atoms with Crippen molar-refractivity contribution in [2.75, 3.05) is 20.5 Å². The lowest BCUT2D eigenvalue weighted by Gasteiger charge is -2.36. The highest BCUT2D eigenvalue weighted by Crippen LogP contribution is 2.48. The predicted molar refractivity (Wildman–Crippen MR) is 132 cm³/mol. The van der Waals surface area contributed by atoms with E-state index in [-0.39, 0.29) is 19.3 Å². The molecular weight excluding hydrogens is 514 g/mol. The fourth-order valence-corrected chi connectivity index (χ4v) is 6.68. The second-order valence-corrected chi connectivity index (χ2v) is 11.1. The first-order chi connectivity index (χ1) is 18.8. The first-order valence-corrected chi connectivity index (χ1v) is 14.3. The second kappa shape index (κ2) is 12.0. The lowest BCUT2D eigenvalue weighted by atomic mass is 9.94. The molecule has 3 aliphatic carbocycles. The van der Waals surface area contributed by atoms with Gasteiger partial charge in [0.1, 0.15) is 25.1 Å². The molecular formula is C27H41NO11. The Morgan fingerprint density at radius 1 is 0.795 bits per heavy atom. The smallest absolute Gasteiger partial charge is 0.339 e. The quantitative estimate of drug-likeness (QED) is 0.347. The number of hydrogen-bond acceptors (Lipinski definition) is 11. The number of carbonyl (C=O) groups is 3. The highest BCUT2D eigenvalue weighted by molar-refractivity contribution is 5.86. The summed E-state index contributed by atoms with van der Waals surface area (Å²) < 4.78 is 47.6. The van der Waals surface area contributed by atoms with Crippen LogP contribution in [-0.2, 0) is 52.3 Å². The molecule has 220 valence electrons. The first kappa shape index (κ1) is 28.7. The van der Waals surface area contributed by atoms with Crippen molar-refractivity contribution < 1.29 is 52.3 Å². The molecule has 0 unspecified atom stereocenters. The largest absolute Gasteiger partial charge is 0.464 e. The third-order valence-electron chi connectivity index (χ3n) is 8.32. The zero-order valence-corrected chi connectivity index (χ0v) is 23.0. The van der Waals surface area contributed by atoms with Crippen molar-refractivity contribution in [1.29, 1.82) is 0 Å². The number of nitrogens with one attached hydrogen (secondary N) is 1. The van der Waals surface area contributed by atoms with E-state index in [1.165, 1.54) is 14.0 Å². The van der Waals surface area contributed by atoms with Crippen LogP contribution in [0.4, 0.5) is 0 Å². The van der Waals surface area contributed by atoms with E-state index >= 15 is 0 Å². The number of hydrogen-bond donors (Lipinski definition) is 1. The second-order valence-electron chi connectivity index (χ2n) is 11.1. The number of esters is 2. The first-order valence-electron chi connectivity index (χ1n) is 14.3. The van der Waals surface area contributed by atoms with Gasteiger partial charge >= 0.3 is 11.9 Å². The standard InChI is InChI=1S/C27H41NO11/c1-4-33-24(30)22-23(39-27(38-22)13-9-6-10-14-27)25(31)35-19-17(28-16(2)29)18(34-15-32-3)20-21(19)37-26(36-20)11-7-5-8-12-26/h17-23H,4-15H2,1-3H3,(H,28,29)/t17-,18+,19-,20+,21-,22-,23-/m1/s1. The topological polar surface area (TPSA) is 137 Å². The highest BCUT2D eigenvalue weighted by Gasteiger charge is 2.64. The van der Waals surface area contributed by atoms with Gasteiger partial charge in [0, 0.05) is 39.7 Å². The van der Waals surface area contributed by atoms with Crippen LogP contribution in [-0.4, -0.2) is 92.6 Å². The van der Waals surface area contributed by atoms with Gasteiger partial charge in [-0.05, 0) is 32.6 Å². The third kappa shape index (κ3) is 5.82. The average molecular weight is 556 g/mol. The van der Waals surface area contributed by atoms with Crippen LogP contribution in [0.3, 0.4) is 0 Å². The minimum absolute atomic E-state index is 0.0476. The van der Waals surface area contributed by atoms with Crippen LogP contribution in [0.15, 0.2) is 0 Å². The minimum atomic E-state index is -1.32. The summed E-state index contributed by atoms with van der Waals surface area (Å²) in [6.07, 6.45) is 2.83. The molecule has 0 aromatic heterocycles. The van der Waals surface area contributed by atoms with E-state index in [0.29, 0.717) is 12.8 Å². The maximum absolute atomic E-state index is 13.7. The molecule has 12 heteroatoms. The molecule has 1 N–H and O–H groups in total. The van der Waals surface area contributed by atoms with Crippen molar-refractivity contribution in [2.24, 2.45) is 0 Å². The Kier molecular flexibility index (Phi) is 8.80. The van der Waals surface area contributed by atoms with Gasteiger partial charge in [-0.1, -0.05) is 12.8 Å². The zero-order valence-electron chi connectivity index (χ0n) is 23.0. The molecule has 0 bridgehead atoms. The molecule has 3 saturated carbocycles. The van der Waals surface area contributed by atoms with Gasteiger partial charge in [0.05, 0.1) is 12.6 Å². The Morgan fingerprint density at radius 2 is 1.33 bits per heavy atom. The summed E-state index contributed by atoms with van der Waals surface area (Å²) in [6.45, 7) is 3.15. The van der Waals surface area contributed by atoms with Crippen molar-refractivity contribution in [2.45, 2.75) is 132 Å². The lowest BCUT2D eigenvalue weighted by molar-refractivity contribution is -0.228. The van der Waals surface area contributed by atoms with Crippen molar-refractivity contribution in [3.63, 3.8) is 0 Å². The Balaban J connectivity index is 1.40. The van der Waals surface area contributed by atoms with Crippen LogP contribution in [0.2, 0.25) is 0 Å². The van der Waals surface area contributed by atoms with Gasteiger partial charge in [0.25, 0.3) is 0 Å². The zero-order chi connectivity index (χ0) is 27.6. The number of fused-ring (bicyclic) bond motifs is 1. The molecule has 2 spiro atoms. The van der Waals surface area contributed by atoms with Crippen LogP contribution in [0, 0.1) is 0 Å². The van der Waals surface area contributed by atoms with Crippen LogP contribution in [0.5, 0.6) is 0 Å². The number of amides is 1. The van der Waals surface area contributed by atoms with Gasteiger partial charge in [-0.2, -0.15) is 0 Å². The van der Waals surface area contributed by atoms with Gasteiger partial charge in [-0.3, -0.25) is 4.79 Å². The predicted octanol–water partition coefficient (Wildman–Crippen LogP) is 1.86.